The molecule has 0 aromatic rings. The second-order valence-corrected chi connectivity index (χ2v) is 2.91. The Morgan fingerprint density at radius 2 is 1.94 bits per heavy atom. The fourth-order valence-electron chi connectivity index (χ4n) is 0.989. The fraction of sp³-hybridized carbons (Fsp3) is 0.700. The van der Waals surface area contributed by atoms with E-state index in [1.807, 2.05) is 13.8 Å². The number of hydrogen-bond acceptors (Lipinski definition) is 5. The Labute approximate surface area is 95.0 Å². The second kappa shape index (κ2) is 9.14. The van der Waals surface area contributed by atoms with Crippen molar-refractivity contribution in [3.63, 3.8) is 0 Å². The van der Waals surface area contributed by atoms with Gasteiger partial charge < -0.3 is 25.1 Å². The molecule has 0 heterocycles. The quantitative estimate of drug-likeness (QED) is 0.440. The number of carboxylic acids is 1. The molecule has 94 valence electrons. The fourth-order valence-corrected chi connectivity index (χ4v) is 0.989. The summed E-state index contributed by atoms with van der Waals surface area (Å²) in [5.74, 6) is -1.09. The number of hydrogen-bond donors (Lipinski definition) is 2. The highest BCUT2D eigenvalue weighted by Gasteiger charge is 2.07. The minimum absolute atomic E-state index is 0.0446. The van der Waals surface area contributed by atoms with Crippen molar-refractivity contribution >= 4 is 5.97 Å². The van der Waals surface area contributed by atoms with Gasteiger partial charge in [0.1, 0.15) is 0 Å². The van der Waals surface area contributed by atoms with Gasteiger partial charge in [0.25, 0.3) is 0 Å². The van der Waals surface area contributed by atoms with Gasteiger partial charge in [0.15, 0.2) is 6.29 Å². The van der Waals surface area contributed by atoms with Crippen LogP contribution < -0.4 is 5.73 Å². The van der Waals surface area contributed by atoms with Crippen molar-refractivity contribution in [3.8, 4) is 0 Å². The van der Waals surface area contributed by atoms with E-state index in [1.54, 1.807) is 0 Å². The lowest BCUT2D eigenvalue weighted by molar-refractivity contribution is -0.165. The smallest absolute Gasteiger partial charge is 0.330 e. The third-order valence-corrected chi connectivity index (χ3v) is 1.54. The molecule has 0 aliphatic carbocycles. The lowest BCUT2D eigenvalue weighted by atomic mass is 10.4. The minimum atomic E-state index is -1.09. The molecule has 0 atom stereocenters. The summed E-state index contributed by atoms with van der Waals surface area (Å²) in [4.78, 5) is 10.3. The van der Waals surface area contributed by atoms with Crippen LogP contribution in [-0.4, -0.2) is 43.8 Å². The average Bonchev–Trinajstić information content (AvgIpc) is 2.17. The summed E-state index contributed by atoms with van der Waals surface area (Å²) >= 11 is 0. The molecule has 0 fully saturated rings. The summed E-state index contributed by atoms with van der Waals surface area (Å²) in [6.45, 7) is 5.01. The highest BCUT2D eigenvalue weighted by atomic mass is 16.7. The van der Waals surface area contributed by atoms with Crippen LogP contribution in [0.5, 0.6) is 0 Å². The van der Waals surface area contributed by atoms with Crippen molar-refractivity contribution in [3.05, 3.63) is 11.8 Å². The van der Waals surface area contributed by atoms with Gasteiger partial charge in [-0.25, -0.2) is 4.79 Å². The van der Waals surface area contributed by atoms with Crippen molar-refractivity contribution in [2.45, 2.75) is 20.1 Å². The maximum absolute atomic E-state index is 10.3. The van der Waals surface area contributed by atoms with Crippen LogP contribution in [0.2, 0.25) is 0 Å². The van der Waals surface area contributed by atoms with Crippen LogP contribution in [0.15, 0.2) is 11.8 Å². The highest BCUT2D eigenvalue weighted by molar-refractivity contribution is 5.80. The molecular formula is C10H19NO5. The first kappa shape index (κ1) is 14.9. The van der Waals surface area contributed by atoms with Crippen LogP contribution in [0.4, 0.5) is 0 Å². The topological polar surface area (TPSA) is 91.0 Å². The van der Waals surface area contributed by atoms with Crippen molar-refractivity contribution in [2.24, 2.45) is 5.73 Å². The highest BCUT2D eigenvalue weighted by Crippen LogP contribution is 1.97. The van der Waals surface area contributed by atoms with Gasteiger partial charge in [0.05, 0.1) is 13.2 Å². The lowest BCUT2D eigenvalue weighted by Crippen LogP contribution is -2.24. The molecule has 16 heavy (non-hydrogen) atoms. The maximum atomic E-state index is 10.3. The molecule has 0 bridgehead atoms. The number of carbonyl (C=O) groups is 1. The summed E-state index contributed by atoms with van der Waals surface area (Å²) in [5, 5.41) is 8.40. The Kier molecular flexibility index (Phi) is 8.51. The molecular weight excluding hydrogens is 214 g/mol. The predicted molar refractivity (Wildman–Crippen MR) is 57.8 cm³/mol. The molecule has 6 heteroatoms. The first-order valence-corrected chi connectivity index (χ1v) is 5.10. The van der Waals surface area contributed by atoms with Gasteiger partial charge in [-0.2, -0.15) is 0 Å². The van der Waals surface area contributed by atoms with Crippen LogP contribution >= 0.6 is 0 Å². The van der Waals surface area contributed by atoms with Gasteiger partial charge in [0.2, 0.25) is 0 Å². The maximum Gasteiger partial charge on any atom is 0.330 e. The van der Waals surface area contributed by atoms with E-state index in [4.69, 9.17) is 25.1 Å². The number of carboxylic acid groups (broad SMARTS) is 1. The molecule has 0 aromatic carbocycles. The lowest BCUT2D eigenvalue weighted by Gasteiger charge is -2.16. The molecule has 3 N–H and O–H groups in total. The first-order chi connectivity index (χ1) is 7.60. The Balaban J connectivity index is 3.80. The van der Waals surface area contributed by atoms with Gasteiger partial charge in [0, 0.05) is 25.0 Å². The van der Waals surface area contributed by atoms with E-state index in [-0.39, 0.29) is 18.9 Å². The molecule has 0 saturated heterocycles. The molecule has 6 nitrogen and oxygen atoms in total. The van der Waals surface area contributed by atoms with Crippen molar-refractivity contribution in [2.75, 3.05) is 26.4 Å². The summed E-state index contributed by atoms with van der Waals surface area (Å²) < 4.78 is 15.6. The molecule has 0 amide bonds. The van der Waals surface area contributed by atoms with E-state index >= 15 is 0 Å². The SMILES string of the molecule is CCOC(COC/C(N)=C/C(=O)O)OCC. The Bertz CT molecular complexity index is 223. The summed E-state index contributed by atoms with van der Waals surface area (Å²) in [6, 6.07) is 0. The van der Waals surface area contributed by atoms with Crippen LogP contribution in [0, 0.1) is 0 Å². The first-order valence-electron chi connectivity index (χ1n) is 5.10. The Morgan fingerprint density at radius 3 is 2.38 bits per heavy atom. The Hall–Kier alpha value is -1.11. The monoisotopic (exact) mass is 233 g/mol. The van der Waals surface area contributed by atoms with Gasteiger partial charge in [-0.1, -0.05) is 0 Å². The zero-order valence-corrected chi connectivity index (χ0v) is 9.64. The van der Waals surface area contributed by atoms with Crippen molar-refractivity contribution < 1.29 is 24.1 Å². The van der Waals surface area contributed by atoms with E-state index in [0.717, 1.165) is 6.08 Å². The Morgan fingerprint density at radius 1 is 1.38 bits per heavy atom. The minimum Gasteiger partial charge on any atom is -0.478 e. The standard InChI is InChI=1S/C10H19NO5/c1-3-15-10(16-4-2)7-14-6-8(11)5-9(12)13/h5,10H,3-4,6-7,11H2,1-2H3,(H,12,13)/b8-5-. The largest absolute Gasteiger partial charge is 0.478 e. The molecule has 0 unspecified atom stereocenters. The molecule has 0 aliphatic heterocycles. The third kappa shape index (κ3) is 8.22. The number of aliphatic carboxylic acids is 1. The molecule has 0 saturated carbocycles. The zero-order valence-electron chi connectivity index (χ0n) is 9.64. The van der Waals surface area contributed by atoms with E-state index in [0.29, 0.717) is 13.2 Å². The average molecular weight is 233 g/mol. The second-order valence-electron chi connectivity index (χ2n) is 2.91. The summed E-state index contributed by atoms with van der Waals surface area (Å²) in [7, 11) is 0. The van der Waals surface area contributed by atoms with Crippen LogP contribution in [0.25, 0.3) is 0 Å². The number of nitrogens with two attached hydrogens (primary N) is 1. The van der Waals surface area contributed by atoms with E-state index in [9.17, 15) is 4.79 Å². The van der Waals surface area contributed by atoms with E-state index in [1.165, 1.54) is 0 Å². The van der Waals surface area contributed by atoms with Gasteiger partial charge in [-0.05, 0) is 13.8 Å². The zero-order chi connectivity index (χ0) is 12.4. The van der Waals surface area contributed by atoms with E-state index < -0.39 is 12.3 Å². The molecule has 0 spiro atoms. The molecule has 0 aromatic heterocycles. The molecule has 0 aliphatic rings. The molecule has 0 rings (SSSR count). The van der Waals surface area contributed by atoms with E-state index in [2.05, 4.69) is 0 Å². The van der Waals surface area contributed by atoms with Crippen molar-refractivity contribution in [1.82, 2.24) is 0 Å². The third-order valence-electron chi connectivity index (χ3n) is 1.54. The summed E-state index contributed by atoms with van der Waals surface area (Å²) in [5.41, 5.74) is 5.53. The number of rotatable bonds is 9. The van der Waals surface area contributed by atoms with Gasteiger partial charge in [-0.3, -0.25) is 0 Å². The van der Waals surface area contributed by atoms with Gasteiger partial charge in [-0.15, -0.1) is 0 Å². The van der Waals surface area contributed by atoms with Crippen LogP contribution in [0.3, 0.4) is 0 Å². The van der Waals surface area contributed by atoms with Crippen LogP contribution in [-0.2, 0) is 19.0 Å². The summed E-state index contributed by atoms with van der Waals surface area (Å²) in [6.07, 6.45) is 0.462. The predicted octanol–water partition coefficient (Wildman–Crippen LogP) is 0.329. The van der Waals surface area contributed by atoms with Gasteiger partial charge >= 0.3 is 5.97 Å². The van der Waals surface area contributed by atoms with Crippen molar-refractivity contribution in [1.29, 1.82) is 0 Å². The number of ether oxygens (including phenoxy) is 3. The molecule has 0 radical (unpaired) electrons. The van der Waals surface area contributed by atoms with Crippen LogP contribution in [0.1, 0.15) is 13.8 Å². The normalized spacial score (nSPS) is 12.1.